The Morgan fingerprint density at radius 3 is 2.58 bits per heavy atom. The van der Waals surface area contributed by atoms with Crippen LogP contribution < -0.4 is 10.6 Å². The van der Waals surface area contributed by atoms with Gasteiger partial charge in [0, 0.05) is 45.0 Å². The lowest BCUT2D eigenvalue weighted by Crippen LogP contribution is -2.46. The summed E-state index contributed by atoms with van der Waals surface area (Å²) in [5.41, 5.74) is 1.77. The van der Waals surface area contributed by atoms with Crippen LogP contribution in [0.4, 0.5) is 10.5 Å². The monoisotopic (exact) mass is 563 g/mol. The number of amides is 1. The van der Waals surface area contributed by atoms with E-state index in [9.17, 15) is 4.79 Å². The Hall–Kier alpha value is -1.79. The van der Waals surface area contributed by atoms with Crippen molar-refractivity contribution < 1.29 is 33.2 Å². The third-order valence-electron chi connectivity index (χ3n) is 7.57. The van der Waals surface area contributed by atoms with Gasteiger partial charge in [0.15, 0.2) is 18.0 Å². The second-order valence-electron chi connectivity index (χ2n) is 11.5. The predicted octanol–water partition coefficient (Wildman–Crippen LogP) is 4.07. The Labute approximate surface area is 239 Å². The van der Waals surface area contributed by atoms with Crippen LogP contribution in [0.25, 0.3) is 0 Å². The minimum absolute atomic E-state index is 0.207. The molecule has 0 bridgehead atoms. The van der Waals surface area contributed by atoms with Gasteiger partial charge in [-0.15, -0.1) is 0 Å². The first-order chi connectivity index (χ1) is 19.3. The molecule has 2 N–H and O–H groups in total. The summed E-state index contributed by atoms with van der Waals surface area (Å²) >= 11 is 0. The quantitative estimate of drug-likeness (QED) is 0.306. The van der Waals surface area contributed by atoms with E-state index in [-0.39, 0.29) is 6.61 Å². The lowest BCUT2D eigenvalue weighted by molar-refractivity contribution is -0.277. The highest BCUT2D eigenvalue weighted by atomic mass is 16.9. The highest BCUT2D eigenvalue weighted by molar-refractivity contribution is 5.84. The molecule has 10 heteroatoms. The van der Waals surface area contributed by atoms with Gasteiger partial charge >= 0.3 is 6.09 Å². The zero-order chi connectivity index (χ0) is 28.4. The molecule has 3 heterocycles. The standard InChI is InChI=1S/C30H49N3O7/c1-5-6-7-8-9-18-36-22-30-27(39-29(3,4)40-30)26(37-28(34)32-24-12-10-23(2)11-13-24)25(38-30)21-31-14-15-33-16-19-35-20-17-33/h10-13,25-27,31H,5-9,14-22H2,1-4H3,(H,32,34)/t25-,26+,27-,30-/m0/s1. The van der Waals surface area contributed by atoms with Gasteiger partial charge < -0.3 is 33.7 Å². The van der Waals surface area contributed by atoms with E-state index in [0.717, 1.165) is 57.8 Å². The molecule has 1 aromatic rings. The van der Waals surface area contributed by atoms with Crippen LogP contribution >= 0.6 is 0 Å². The van der Waals surface area contributed by atoms with Gasteiger partial charge in [-0.2, -0.15) is 0 Å². The van der Waals surface area contributed by atoms with Gasteiger partial charge in [-0.1, -0.05) is 50.3 Å². The fraction of sp³-hybridized carbons (Fsp3) is 0.767. The number of hydrogen-bond donors (Lipinski definition) is 2. The lowest BCUT2D eigenvalue weighted by Gasteiger charge is -2.29. The van der Waals surface area contributed by atoms with E-state index in [1.807, 2.05) is 45.0 Å². The Kier molecular flexibility index (Phi) is 11.6. The Morgan fingerprint density at radius 2 is 1.82 bits per heavy atom. The average molecular weight is 564 g/mol. The normalized spacial score (nSPS) is 27.9. The first-order valence-electron chi connectivity index (χ1n) is 15.0. The Bertz CT molecular complexity index is 909. The smallest absolute Gasteiger partial charge is 0.412 e. The van der Waals surface area contributed by atoms with Crippen molar-refractivity contribution in [1.82, 2.24) is 10.2 Å². The van der Waals surface area contributed by atoms with Crippen LogP contribution in [0.3, 0.4) is 0 Å². The van der Waals surface area contributed by atoms with Crippen molar-refractivity contribution >= 4 is 11.8 Å². The number of nitrogens with one attached hydrogen (secondary N) is 2. The molecule has 3 aliphatic heterocycles. The number of aryl methyl sites for hydroxylation is 1. The molecule has 3 aliphatic rings. The summed E-state index contributed by atoms with van der Waals surface area (Å²) in [7, 11) is 0. The SMILES string of the molecule is CCCCCCCOC[C@@]12O[C@@H](CNCCN3CCOCC3)[C@@H](OC(=O)Nc3ccc(C)cc3)[C@@H]1OC(C)(C)O2. The third-order valence-corrected chi connectivity index (χ3v) is 7.57. The number of fused-ring (bicyclic) bond motifs is 1. The van der Waals surface area contributed by atoms with Gasteiger partial charge in [0.25, 0.3) is 0 Å². The number of hydrogen-bond acceptors (Lipinski definition) is 9. The van der Waals surface area contributed by atoms with E-state index < -0.39 is 36.0 Å². The fourth-order valence-electron chi connectivity index (χ4n) is 5.50. The molecule has 0 aliphatic carbocycles. The highest BCUT2D eigenvalue weighted by Gasteiger charge is 2.66. The molecular weight excluding hydrogens is 514 g/mol. The number of carbonyl (C=O) groups excluding carboxylic acids is 1. The molecular formula is C30H49N3O7. The van der Waals surface area contributed by atoms with Crippen molar-refractivity contribution in [1.29, 1.82) is 0 Å². The van der Waals surface area contributed by atoms with Crippen LogP contribution in [-0.2, 0) is 28.4 Å². The molecule has 10 nitrogen and oxygen atoms in total. The maximum absolute atomic E-state index is 13.0. The summed E-state index contributed by atoms with van der Waals surface area (Å²) in [6.45, 7) is 14.3. The summed E-state index contributed by atoms with van der Waals surface area (Å²) in [6.07, 6.45) is 3.43. The molecule has 3 fully saturated rings. The summed E-state index contributed by atoms with van der Waals surface area (Å²) in [5, 5.41) is 6.32. The minimum Gasteiger partial charge on any atom is -0.440 e. The van der Waals surface area contributed by atoms with Crippen molar-refractivity contribution in [2.75, 3.05) is 64.5 Å². The van der Waals surface area contributed by atoms with Gasteiger partial charge in [-0.25, -0.2) is 4.79 Å². The highest BCUT2D eigenvalue weighted by Crippen LogP contribution is 2.46. The van der Waals surface area contributed by atoms with Gasteiger partial charge in [0.05, 0.1) is 13.2 Å². The molecule has 3 saturated heterocycles. The lowest BCUT2D eigenvalue weighted by atomic mass is 10.1. The van der Waals surface area contributed by atoms with Crippen LogP contribution in [0, 0.1) is 6.92 Å². The van der Waals surface area contributed by atoms with Crippen LogP contribution in [0.1, 0.15) is 58.4 Å². The van der Waals surface area contributed by atoms with E-state index in [1.165, 1.54) is 19.3 Å². The van der Waals surface area contributed by atoms with Gasteiger partial charge in [-0.3, -0.25) is 10.2 Å². The van der Waals surface area contributed by atoms with Crippen LogP contribution in [0.5, 0.6) is 0 Å². The Morgan fingerprint density at radius 1 is 1.07 bits per heavy atom. The molecule has 226 valence electrons. The molecule has 1 amide bonds. The van der Waals surface area contributed by atoms with Gasteiger partial charge in [0.2, 0.25) is 5.79 Å². The number of unbranched alkanes of at least 4 members (excludes halogenated alkanes) is 4. The second kappa shape index (κ2) is 14.9. The van der Waals surface area contributed by atoms with Crippen LogP contribution in [0.15, 0.2) is 24.3 Å². The van der Waals surface area contributed by atoms with Crippen LogP contribution in [-0.4, -0.2) is 100 Å². The zero-order valence-corrected chi connectivity index (χ0v) is 24.7. The van der Waals surface area contributed by atoms with Crippen molar-refractivity contribution in [2.24, 2.45) is 0 Å². The number of rotatable bonds is 15. The largest absolute Gasteiger partial charge is 0.440 e. The average Bonchev–Trinajstić information content (AvgIpc) is 3.34. The molecule has 1 aromatic carbocycles. The number of benzene rings is 1. The number of morpholine rings is 1. The third kappa shape index (κ3) is 8.85. The first kappa shape index (κ1) is 31.2. The second-order valence-corrected chi connectivity index (χ2v) is 11.5. The van der Waals surface area contributed by atoms with E-state index >= 15 is 0 Å². The number of carbonyl (C=O) groups is 1. The molecule has 0 radical (unpaired) electrons. The molecule has 4 rings (SSSR count). The van der Waals surface area contributed by atoms with E-state index in [1.54, 1.807) is 0 Å². The summed E-state index contributed by atoms with van der Waals surface area (Å²) in [5.74, 6) is -2.06. The summed E-state index contributed by atoms with van der Waals surface area (Å²) in [4.78, 5) is 15.4. The molecule has 0 aromatic heterocycles. The van der Waals surface area contributed by atoms with Crippen molar-refractivity contribution in [3.05, 3.63) is 29.8 Å². The Balaban J connectivity index is 1.39. The fourth-order valence-corrected chi connectivity index (χ4v) is 5.50. The van der Waals surface area contributed by atoms with Gasteiger partial charge in [-0.05, 0) is 39.3 Å². The summed E-state index contributed by atoms with van der Waals surface area (Å²) < 4.78 is 36.8. The summed E-state index contributed by atoms with van der Waals surface area (Å²) in [6, 6.07) is 7.58. The molecule has 40 heavy (non-hydrogen) atoms. The molecule has 0 spiro atoms. The number of nitrogens with zero attached hydrogens (tertiary/aromatic N) is 1. The van der Waals surface area contributed by atoms with Crippen LogP contribution in [0.2, 0.25) is 0 Å². The van der Waals surface area contributed by atoms with Crippen molar-refractivity contribution in [3.8, 4) is 0 Å². The maximum atomic E-state index is 13.0. The number of ether oxygens (including phenoxy) is 6. The van der Waals surface area contributed by atoms with E-state index in [2.05, 4.69) is 22.5 Å². The zero-order valence-electron chi connectivity index (χ0n) is 24.7. The number of anilines is 1. The van der Waals surface area contributed by atoms with Gasteiger partial charge in [0.1, 0.15) is 12.7 Å². The van der Waals surface area contributed by atoms with Crippen molar-refractivity contribution in [2.45, 2.75) is 89.7 Å². The molecule has 0 unspecified atom stereocenters. The molecule has 4 atom stereocenters. The van der Waals surface area contributed by atoms with Crippen molar-refractivity contribution in [3.63, 3.8) is 0 Å². The maximum Gasteiger partial charge on any atom is 0.412 e. The van der Waals surface area contributed by atoms with E-state index in [0.29, 0.717) is 18.8 Å². The topological polar surface area (TPSA) is 99.8 Å². The predicted molar refractivity (Wildman–Crippen MR) is 152 cm³/mol. The first-order valence-corrected chi connectivity index (χ1v) is 15.0. The molecule has 0 saturated carbocycles. The van der Waals surface area contributed by atoms with E-state index in [4.69, 9.17) is 28.4 Å². The minimum atomic E-state index is -1.15.